The van der Waals surface area contributed by atoms with E-state index in [1.165, 1.54) is 35.1 Å². The standard InChI is InChI=1S/C21H23F2N5O3S/c1-3-28-20(30)18-14(25-21(28)31)10-12(32-18)11-26-6-8-27(9-7-26)15-5-4-13(19(29)24-2)16(22)17(15)23/h4-5,10H,3,6-9,11H2,1-2H3,(H,24,29)(H,25,31). The van der Waals surface area contributed by atoms with Crippen molar-refractivity contribution >= 4 is 33.1 Å². The van der Waals surface area contributed by atoms with E-state index in [0.29, 0.717) is 49.5 Å². The molecule has 4 rings (SSSR count). The number of nitrogens with one attached hydrogen (secondary N) is 2. The van der Waals surface area contributed by atoms with Crippen molar-refractivity contribution in [2.24, 2.45) is 0 Å². The highest BCUT2D eigenvalue weighted by atomic mass is 32.1. The second-order valence-corrected chi connectivity index (χ2v) is 8.67. The molecule has 11 heteroatoms. The Kier molecular flexibility index (Phi) is 6.11. The lowest BCUT2D eigenvalue weighted by Gasteiger charge is -2.36. The first-order valence-electron chi connectivity index (χ1n) is 10.3. The van der Waals surface area contributed by atoms with E-state index in [9.17, 15) is 23.2 Å². The second kappa shape index (κ2) is 8.83. The third kappa shape index (κ3) is 3.93. The van der Waals surface area contributed by atoms with Crippen LogP contribution in [0.25, 0.3) is 10.2 Å². The van der Waals surface area contributed by atoms with Crippen molar-refractivity contribution in [2.45, 2.75) is 20.0 Å². The van der Waals surface area contributed by atoms with Gasteiger partial charge in [0.25, 0.3) is 11.5 Å². The van der Waals surface area contributed by atoms with E-state index in [1.54, 1.807) is 11.8 Å². The van der Waals surface area contributed by atoms with Crippen LogP contribution < -0.4 is 21.5 Å². The molecule has 0 spiro atoms. The van der Waals surface area contributed by atoms with E-state index < -0.39 is 23.2 Å². The number of carbonyl (C=O) groups is 1. The van der Waals surface area contributed by atoms with E-state index in [2.05, 4.69) is 15.2 Å². The Bertz CT molecular complexity index is 1290. The van der Waals surface area contributed by atoms with Crippen molar-refractivity contribution in [3.8, 4) is 0 Å². The van der Waals surface area contributed by atoms with Gasteiger partial charge in [0.1, 0.15) is 4.70 Å². The molecule has 1 aliphatic rings. The highest BCUT2D eigenvalue weighted by molar-refractivity contribution is 7.18. The summed E-state index contributed by atoms with van der Waals surface area (Å²) in [6, 6.07) is 4.54. The van der Waals surface area contributed by atoms with Crippen molar-refractivity contribution < 1.29 is 13.6 Å². The molecule has 3 aromatic rings. The van der Waals surface area contributed by atoms with Gasteiger partial charge in [-0.05, 0) is 25.1 Å². The molecule has 0 unspecified atom stereocenters. The van der Waals surface area contributed by atoms with Crippen molar-refractivity contribution in [2.75, 3.05) is 38.1 Å². The quantitative estimate of drug-likeness (QED) is 0.602. The van der Waals surface area contributed by atoms with Crippen LogP contribution in [0, 0.1) is 11.6 Å². The lowest BCUT2D eigenvalue weighted by Crippen LogP contribution is -2.46. The summed E-state index contributed by atoms with van der Waals surface area (Å²) >= 11 is 1.36. The normalized spacial score (nSPS) is 14.8. The number of rotatable bonds is 5. The third-order valence-electron chi connectivity index (χ3n) is 5.65. The molecule has 32 heavy (non-hydrogen) atoms. The molecule has 0 bridgehead atoms. The molecule has 2 N–H and O–H groups in total. The molecule has 1 fully saturated rings. The highest BCUT2D eigenvalue weighted by Gasteiger charge is 2.24. The molecule has 0 saturated carbocycles. The Labute approximate surface area is 186 Å². The van der Waals surface area contributed by atoms with Gasteiger partial charge in [0.05, 0.1) is 16.8 Å². The number of carbonyl (C=O) groups excluding carboxylic acids is 1. The monoisotopic (exact) mass is 463 g/mol. The van der Waals surface area contributed by atoms with Crippen molar-refractivity contribution in [1.29, 1.82) is 0 Å². The number of thiophene rings is 1. The third-order valence-corrected chi connectivity index (χ3v) is 6.76. The molecule has 0 aliphatic carbocycles. The number of H-pyrrole nitrogens is 1. The molecule has 1 aliphatic heterocycles. The fourth-order valence-electron chi connectivity index (χ4n) is 3.92. The number of piperazine rings is 1. The number of halogens is 2. The van der Waals surface area contributed by atoms with E-state index >= 15 is 0 Å². The minimum atomic E-state index is -1.15. The Morgan fingerprint density at radius 2 is 1.88 bits per heavy atom. The number of aromatic amines is 1. The van der Waals surface area contributed by atoms with Gasteiger partial charge in [-0.25, -0.2) is 13.6 Å². The molecule has 1 saturated heterocycles. The van der Waals surface area contributed by atoms with Crippen LogP contribution in [0.15, 0.2) is 27.8 Å². The number of benzene rings is 1. The summed E-state index contributed by atoms with van der Waals surface area (Å²) < 4.78 is 30.6. The molecule has 1 amide bonds. The van der Waals surface area contributed by atoms with E-state index in [0.717, 1.165) is 4.88 Å². The van der Waals surface area contributed by atoms with Crippen LogP contribution in [0.3, 0.4) is 0 Å². The van der Waals surface area contributed by atoms with Gasteiger partial charge in [-0.1, -0.05) is 0 Å². The Morgan fingerprint density at radius 3 is 2.53 bits per heavy atom. The average Bonchev–Trinajstić information content (AvgIpc) is 3.18. The first-order chi connectivity index (χ1) is 15.3. The summed E-state index contributed by atoms with van der Waals surface area (Å²) in [5.41, 5.74) is -0.353. The van der Waals surface area contributed by atoms with Gasteiger partial charge in [0.2, 0.25) is 0 Å². The molecule has 2 aromatic heterocycles. The van der Waals surface area contributed by atoms with Crippen LogP contribution >= 0.6 is 11.3 Å². The number of amides is 1. The molecular weight excluding hydrogens is 440 g/mol. The zero-order valence-corrected chi connectivity index (χ0v) is 18.5. The zero-order chi connectivity index (χ0) is 23.0. The molecule has 0 radical (unpaired) electrons. The SMILES string of the molecule is CCn1c(=O)[nH]c2cc(CN3CCN(c4ccc(C(=O)NC)c(F)c4F)CC3)sc2c1=O. The first kappa shape index (κ1) is 22.2. The van der Waals surface area contributed by atoms with Gasteiger partial charge in [-0.2, -0.15) is 0 Å². The lowest BCUT2D eigenvalue weighted by molar-refractivity contribution is 0.0958. The van der Waals surface area contributed by atoms with Gasteiger partial charge in [-0.15, -0.1) is 11.3 Å². The summed E-state index contributed by atoms with van der Waals surface area (Å²) in [4.78, 5) is 43.7. The molecular formula is C21H23F2N5O3S. The second-order valence-electron chi connectivity index (χ2n) is 7.54. The number of nitrogens with zero attached hydrogens (tertiary/aromatic N) is 3. The molecule has 3 heterocycles. The van der Waals surface area contributed by atoms with Crippen LogP contribution in [0.4, 0.5) is 14.5 Å². The van der Waals surface area contributed by atoms with Crippen LogP contribution in [0.5, 0.6) is 0 Å². The topological polar surface area (TPSA) is 90.4 Å². The summed E-state index contributed by atoms with van der Waals surface area (Å²) in [5, 5.41) is 2.29. The van der Waals surface area contributed by atoms with Gasteiger partial charge in [-0.3, -0.25) is 19.1 Å². The number of hydrogen-bond acceptors (Lipinski definition) is 6. The molecule has 170 valence electrons. The maximum atomic E-state index is 14.6. The zero-order valence-electron chi connectivity index (χ0n) is 17.7. The Morgan fingerprint density at radius 1 is 1.16 bits per heavy atom. The maximum Gasteiger partial charge on any atom is 0.328 e. The molecule has 1 aromatic carbocycles. The largest absolute Gasteiger partial charge is 0.367 e. The summed E-state index contributed by atoms with van der Waals surface area (Å²) in [6.07, 6.45) is 0. The van der Waals surface area contributed by atoms with Crippen molar-refractivity contribution in [3.63, 3.8) is 0 Å². The summed E-state index contributed by atoms with van der Waals surface area (Å²) in [5.74, 6) is -2.85. The first-order valence-corrected chi connectivity index (χ1v) is 11.1. The van der Waals surface area contributed by atoms with E-state index in [-0.39, 0.29) is 16.8 Å². The lowest BCUT2D eigenvalue weighted by atomic mass is 10.1. The number of aromatic nitrogens is 2. The highest BCUT2D eigenvalue weighted by Crippen LogP contribution is 2.27. The summed E-state index contributed by atoms with van der Waals surface area (Å²) in [7, 11) is 1.36. The van der Waals surface area contributed by atoms with Crippen LogP contribution in [0.2, 0.25) is 0 Å². The number of anilines is 1. The predicted octanol–water partition coefficient (Wildman–Crippen LogP) is 1.73. The maximum absolute atomic E-state index is 14.6. The minimum Gasteiger partial charge on any atom is -0.367 e. The van der Waals surface area contributed by atoms with Crippen LogP contribution in [0.1, 0.15) is 22.2 Å². The van der Waals surface area contributed by atoms with E-state index in [4.69, 9.17) is 0 Å². The van der Waals surface area contributed by atoms with Gasteiger partial charge in [0.15, 0.2) is 11.6 Å². The summed E-state index contributed by atoms with van der Waals surface area (Å²) in [6.45, 7) is 4.84. The van der Waals surface area contributed by atoms with Gasteiger partial charge < -0.3 is 15.2 Å². The minimum absolute atomic E-state index is 0.134. The van der Waals surface area contributed by atoms with Crippen LogP contribution in [-0.4, -0.2) is 53.6 Å². The Balaban J connectivity index is 1.46. The fourth-order valence-corrected chi connectivity index (χ4v) is 5.02. The van der Waals surface area contributed by atoms with Gasteiger partial charge >= 0.3 is 5.69 Å². The fraction of sp³-hybridized carbons (Fsp3) is 0.381. The smallest absolute Gasteiger partial charge is 0.328 e. The van der Waals surface area contributed by atoms with E-state index in [1.807, 2.05) is 6.07 Å². The Hall–Kier alpha value is -3.05. The number of hydrogen-bond donors (Lipinski definition) is 2. The van der Waals surface area contributed by atoms with Crippen molar-refractivity contribution in [1.82, 2.24) is 19.8 Å². The van der Waals surface area contributed by atoms with Gasteiger partial charge in [0, 0.05) is 51.2 Å². The van der Waals surface area contributed by atoms with Crippen molar-refractivity contribution in [3.05, 3.63) is 61.1 Å². The number of fused-ring (bicyclic) bond motifs is 1. The average molecular weight is 464 g/mol. The predicted molar refractivity (Wildman–Crippen MR) is 120 cm³/mol. The van der Waals surface area contributed by atoms with Crippen LogP contribution in [-0.2, 0) is 13.1 Å². The molecule has 8 nitrogen and oxygen atoms in total. The molecule has 0 atom stereocenters.